The summed E-state index contributed by atoms with van der Waals surface area (Å²) in [5.41, 5.74) is 0.998. The van der Waals surface area contributed by atoms with Gasteiger partial charge in [-0.25, -0.2) is 0 Å². The topological polar surface area (TPSA) is 35.8 Å². The molecule has 0 aliphatic carbocycles. The van der Waals surface area contributed by atoms with E-state index >= 15 is 0 Å². The van der Waals surface area contributed by atoms with Gasteiger partial charge >= 0.3 is 0 Å². The van der Waals surface area contributed by atoms with Crippen molar-refractivity contribution in [1.82, 2.24) is 4.90 Å². The zero-order valence-corrected chi connectivity index (χ0v) is 5.95. The maximum atomic E-state index is 8.57. The molecule has 2 aliphatic heterocycles. The van der Waals surface area contributed by atoms with Gasteiger partial charge in [-0.2, -0.15) is 0 Å². The third kappa shape index (κ3) is 0.736. The highest BCUT2D eigenvalue weighted by molar-refractivity contribution is 5.91. The SMILES string of the molecule is O/N=C1/CCN2CCC[C@@H]12. The smallest absolute Gasteiger partial charge is 0.0754 e. The van der Waals surface area contributed by atoms with Gasteiger partial charge in [-0.15, -0.1) is 0 Å². The lowest BCUT2D eigenvalue weighted by Crippen LogP contribution is -2.25. The van der Waals surface area contributed by atoms with E-state index in [-0.39, 0.29) is 0 Å². The molecule has 0 unspecified atom stereocenters. The van der Waals surface area contributed by atoms with Crippen molar-refractivity contribution in [1.29, 1.82) is 0 Å². The summed E-state index contributed by atoms with van der Waals surface area (Å²) in [6.07, 6.45) is 3.43. The van der Waals surface area contributed by atoms with Crippen LogP contribution in [0, 0.1) is 0 Å². The molecule has 2 rings (SSSR count). The molecular formula is C7H12N2O. The van der Waals surface area contributed by atoms with Gasteiger partial charge in [0.25, 0.3) is 0 Å². The summed E-state index contributed by atoms with van der Waals surface area (Å²) in [5.74, 6) is 0. The summed E-state index contributed by atoms with van der Waals surface area (Å²) in [6.45, 7) is 2.30. The van der Waals surface area contributed by atoms with Gasteiger partial charge in [0.05, 0.1) is 11.8 Å². The molecular weight excluding hydrogens is 128 g/mol. The fourth-order valence-corrected chi connectivity index (χ4v) is 2.01. The van der Waals surface area contributed by atoms with Crippen LogP contribution in [0.3, 0.4) is 0 Å². The summed E-state index contributed by atoms with van der Waals surface area (Å²) >= 11 is 0. The first-order valence-electron chi connectivity index (χ1n) is 3.86. The Hall–Kier alpha value is -0.570. The van der Waals surface area contributed by atoms with E-state index in [9.17, 15) is 0 Å². The molecule has 0 saturated carbocycles. The third-order valence-corrected chi connectivity index (χ3v) is 2.53. The fourth-order valence-electron chi connectivity index (χ4n) is 2.01. The van der Waals surface area contributed by atoms with Crippen molar-refractivity contribution in [3.8, 4) is 0 Å². The lowest BCUT2D eigenvalue weighted by Gasteiger charge is -2.11. The number of fused-ring (bicyclic) bond motifs is 1. The van der Waals surface area contributed by atoms with E-state index in [1.807, 2.05) is 0 Å². The average molecular weight is 140 g/mol. The van der Waals surface area contributed by atoms with Crippen molar-refractivity contribution in [2.75, 3.05) is 13.1 Å². The van der Waals surface area contributed by atoms with Crippen molar-refractivity contribution in [3.05, 3.63) is 0 Å². The minimum Gasteiger partial charge on any atom is -0.411 e. The highest BCUT2D eigenvalue weighted by Gasteiger charge is 2.34. The van der Waals surface area contributed by atoms with Gasteiger partial charge in [0.15, 0.2) is 0 Å². The van der Waals surface area contributed by atoms with E-state index in [1.54, 1.807) is 0 Å². The molecule has 10 heavy (non-hydrogen) atoms. The fraction of sp³-hybridized carbons (Fsp3) is 0.857. The van der Waals surface area contributed by atoms with Crippen LogP contribution in [0.1, 0.15) is 19.3 Å². The first kappa shape index (κ1) is 6.16. The molecule has 1 atom stereocenters. The Labute approximate surface area is 60.3 Å². The minimum atomic E-state index is 0.491. The maximum Gasteiger partial charge on any atom is 0.0754 e. The largest absolute Gasteiger partial charge is 0.411 e. The summed E-state index contributed by atoms with van der Waals surface area (Å²) < 4.78 is 0. The zero-order chi connectivity index (χ0) is 6.97. The standard InChI is InChI=1S/C7H12N2O/c10-8-6-3-5-9-4-1-2-7(6)9/h7,10H,1-5H2/b8-6-/t7-/m0/s1. The van der Waals surface area contributed by atoms with Crippen LogP contribution in [0.15, 0.2) is 5.16 Å². The van der Waals surface area contributed by atoms with Gasteiger partial charge in [-0.3, -0.25) is 4.90 Å². The molecule has 2 aliphatic rings. The molecule has 0 radical (unpaired) electrons. The van der Waals surface area contributed by atoms with E-state index in [2.05, 4.69) is 10.1 Å². The van der Waals surface area contributed by atoms with E-state index < -0.39 is 0 Å². The molecule has 56 valence electrons. The van der Waals surface area contributed by atoms with E-state index in [0.717, 1.165) is 18.7 Å². The predicted octanol–water partition coefficient (Wildman–Crippen LogP) is 0.685. The van der Waals surface area contributed by atoms with Crippen molar-refractivity contribution >= 4 is 5.71 Å². The summed E-state index contributed by atoms with van der Waals surface area (Å²) in [5, 5.41) is 11.9. The summed E-state index contributed by atoms with van der Waals surface area (Å²) in [4.78, 5) is 2.40. The van der Waals surface area contributed by atoms with Crippen molar-refractivity contribution in [2.24, 2.45) is 5.16 Å². The third-order valence-electron chi connectivity index (χ3n) is 2.53. The van der Waals surface area contributed by atoms with Crippen molar-refractivity contribution in [3.63, 3.8) is 0 Å². The first-order chi connectivity index (χ1) is 4.92. The monoisotopic (exact) mass is 140 g/mol. The summed E-state index contributed by atoms with van der Waals surface area (Å²) in [6, 6.07) is 0.491. The van der Waals surface area contributed by atoms with Crippen molar-refractivity contribution < 1.29 is 5.21 Å². The van der Waals surface area contributed by atoms with Crippen LogP contribution < -0.4 is 0 Å². The number of oxime groups is 1. The average Bonchev–Trinajstić information content (AvgIpc) is 2.44. The maximum absolute atomic E-state index is 8.57. The Balaban J connectivity index is 2.15. The molecule has 3 heteroatoms. The Morgan fingerprint density at radius 3 is 3.20 bits per heavy atom. The van der Waals surface area contributed by atoms with Gasteiger partial charge in [0, 0.05) is 13.0 Å². The van der Waals surface area contributed by atoms with Gasteiger partial charge in [-0.1, -0.05) is 5.16 Å². The van der Waals surface area contributed by atoms with Crippen LogP contribution in [0.2, 0.25) is 0 Å². The van der Waals surface area contributed by atoms with Gasteiger partial charge in [0.1, 0.15) is 0 Å². The second kappa shape index (κ2) is 2.23. The highest BCUT2D eigenvalue weighted by atomic mass is 16.4. The van der Waals surface area contributed by atoms with Crippen molar-refractivity contribution in [2.45, 2.75) is 25.3 Å². The molecule has 0 spiro atoms. The zero-order valence-electron chi connectivity index (χ0n) is 5.95. The van der Waals surface area contributed by atoms with Crippen LogP contribution >= 0.6 is 0 Å². The Morgan fingerprint density at radius 2 is 2.40 bits per heavy atom. The lowest BCUT2D eigenvalue weighted by atomic mass is 10.1. The second-order valence-corrected chi connectivity index (χ2v) is 3.04. The minimum absolute atomic E-state index is 0.491. The normalized spacial score (nSPS) is 37.2. The van der Waals surface area contributed by atoms with Crippen LogP contribution in [0.25, 0.3) is 0 Å². The summed E-state index contributed by atoms with van der Waals surface area (Å²) in [7, 11) is 0. The number of hydrogen-bond acceptors (Lipinski definition) is 3. The lowest BCUT2D eigenvalue weighted by molar-refractivity contribution is 0.310. The number of nitrogens with zero attached hydrogens (tertiary/aromatic N) is 2. The number of rotatable bonds is 0. The molecule has 1 N–H and O–H groups in total. The first-order valence-corrected chi connectivity index (χ1v) is 3.86. The molecule has 3 nitrogen and oxygen atoms in total. The van der Waals surface area contributed by atoms with E-state index in [1.165, 1.54) is 19.4 Å². The molecule has 2 fully saturated rings. The molecule has 0 aromatic heterocycles. The quantitative estimate of drug-likeness (QED) is 0.397. The van der Waals surface area contributed by atoms with Gasteiger partial charge < -0.3 is 5.21 Å². The van der Waals surface area contributed by atoms with Gasteiger partial charge in [0.2, 0.25) is 0 Å². The van der Waals surface area contributed by atoms with Crippen LogP contribution in [-0.2, 0) is 0 Å². The molecule has 2 saturated heterocycles. The molecule has 0 aromatic rings. The predicted molar refractivity (Wildman–Crippen MR) is 38.4 cm³/mol. The molecule has 2 heterocycles. The van der Waals surface area contributed by atoms with Crippen LogP contribution in [0.4, 0.5) is 0 Å². The Kier molecular flexibility index (Phi) is 1.38. The highest BCUT2D eigenvalue weighted by Crippen LogP contribution is 2.25. The molecule has 0 amide bonds. The van der Waals surface area contributed by atoms with E-state index in [4.69, 9.17) is 5.21 Å². The van der Waals surface area contributed by atoms with Gasteiger partial charge in [-0.05, 0) is 19.4 Å². The Morgan fingerprint density at radius 1 is 1.50 bits per heavy atom. The number of hydrogen-bond donors (Lipinski definition) is 1. The second-order valence-electron chi connectivity index (χ2n) is 3.04. The Bertz CT molecular complexity index is 167. The van der Waals surface area contributed by atoms with E-state index in [0.29, 0.717) is 6.04 Å². The van der Waals surface area contributed by atoms with Crippen LogP contribution in [0.5, 0.6) is 0 Å². The molecule has 0 aromatic carbocycles. The molecule has 0 bridgehead atoms. The van der Waals surface area contributed by atoms with Crippen LogP contribution in [-0.4, -0.2) is 35.0 Å².